The third kappa shape index (κ3) is 1.65. The van der Waals surface area contributed by atoms with Gasteiger partial charge in [-0.05, 0) is 6.07 Å². The van der Waals surface area contributed by atoms with Crippen LogP contribution in [0.15, 0.2) is 44.8 Å². The Hall–Kier alpha value is -2.57. The van der Waals surface area contributed by atoms with Gasteiger partial charge < -0.3 is 5.11 Å². The Labute approximate surface area is 87.8 Å². The average molecular weight is 221 g/mol. The minimum absolute atomic E-state index is 0.215. The van der Waals surface area contributed by atoms with E-state index in [4.69, 9.17) is 5.11 Å². The predicted octanol–water partition coefficient (Wildman–Crippen LogP) is -1.28. The van der Waals surface area contributed by atoms with Crippen LogP contribution >= 0.6 is 0 Å². The van der Waals surface area contributed by atoms with E-state index in [-0.39, 0.29) is 5.75 Å². The summed E-state index contributed by atoms with van der Waals surface area (Å²) >= 11 is 0. The molecule has 0 aromatic carbocycles. The summed E-state index contributed by atoms with van der Waals surface area (Å²) in [6, 6.07) is 4.25. The van der Waals surface area contributed by atoms with Crippen LogP contribution < -0.4 is 16.7 Å². The molecule has 2 aromatic heterocycles. The Morgan fingerprint density at radius 2 is 1.81 bits per heavy atom. The van der Waals surface area contributed by atoms with Gasteiger partial charge in [0.15, 0.2) is 0 Å². The number of rotatable bonds is 1. The molecule has 0 aliphatic rings. The van der Waals surface area contributed by atoms with Gasteiger partial charge in [0.2, 0.25) is 0 Å². The minimum Gasteiger partial charge on any atom is -0.508 e. The molecule has 2 N–H and O–H groups in total. The fourth-order valence-electron chi connectivity index (χ4n) is 1.20. The van der Waals surface area contributed by atoms with Gasteiger partial charge in [0.25, 0.3) is 16.7 Å². The van der Waals surface area contributed by atoms with Gasteiger partial charge in [-0.1, -0.05) is 0 Å². The Bertz CT molecular complexity index is 695. The first kappa shape index (κ1) is 9.97. The van der Waals surface area contributed by atoms with Crippen molar-refractivity contribution in [3.8, 4) is 5.75 Å². The second-order valence-corrected chi connectivity index (χ2v) is 3.03. The molecule has 0 unspecified atom stereocenters. The topological polar surface area (TPSA) is 97.1 Å². The summed E-state index contributed by atoms with van der Waals surface area (Å²) in [5.41, 5.74) is -1.71. The Balaban J connectivity index is 2.77. The lowest BCUT2D eigenvalue weighted by Crippen LogP contribution is -2.38. The lowest BCUT2D eigenvalue weighted by molar-refractivity contribution is 0.460. The number of hydrogen-bond acceptors (Lipinski definition) is 4. The van der Waals surface area contributed by atoms with Crippen LogP contribution in [0.4, 0.5) is 0 Å². The number of aromatic nitrogens is 3. The van der Waals surface area contributed by atoms with E-state index in [1.165, 1.54) is 12.3 Å². The molecule has 0 saturated carbocycles. The molecule has 0 spiro atoms. The number of pyridine rings is 1. The van der Waals surface area contributed by atoms with Crippen molar-refractivity contribution in [2.75, 3.05) is 0 Å². The second kappa shape index (κ2) is 3.54. The lowest BCUT2D eigenvalue weighted by Gasteiger charge is -2.06. The van der Waals surface area contributed by atoms with E-state index in [1.54, 1.807) is 0 Å². The number of hydrogen-bond donors (Lipinski definition) is 2. The van der Waals surface area contributed by atoms with Crippen molar-refractivity contribution in [1.29, 1.82) is 0 Å². The molecular formula is C9H7N3O4. The average Bonchev–Trinajstić information content (AvgIpc) is 2.22. The van der Waals surface area contributed by atoms with Gasteiger partial charge in [0.05, 0.1) is 0 Å². The second-order valence-electron chi connectivity index (χ2n) is 3.03. The highest BCUT2D eigenvalue weighted by Crippen LogP contribution is 1.99. The van der Waals surface area contributed by atoms with Crippen LogP contribution in [0.25, 0.3) is 0 Å². The summed E-state index contributed by atoms with van der Waals surface area (Å²) < 4.78 is 0.878. The molecule has 0 aliphatic heterocycles. The normalized spacial score (nSPS) is 10.2. The van der Waals surface area contributed by atoms with Gasteiger partial charge in [-0.3, -0.25) is 14.4 Å². The smallest absolute Gasteiger partial charge is 0.285 e. The van der Waals surface area contributed by atoms with Gasteiger partial charge >= 0.3 is 0 Å². The number of aromatic amines is 1. The van der Waals surface area contributed by atoms with Crippen LogP contribution in [0.3, 0.4) is 0 Å². The minimum atomic E-state index is -0.635. The largest absolute Gasteiger partial charge is 0.508 e. The Morgan fingerprint density at radius 3 is 2.50 bits per heavy atom. The molecule has 2 aromatic rings. The van der Waals surface area contributed by atoms with Crippen molar-refractivity contribution >= 4 is 0 Å². The van der Waals surface area contributed by atoms with Crippen LogP contribution in [0, 0.1) is 0 Å². The van der Waals surface area contributed by atoms with Gasteiger partial charge in [-0.15, -0.1) is 4.79 Å². The fraction of sp³-hybridized carbons (Fsp3) is 0. The third-order valence-electron chi connectivity index (χ3n) is 1.90. The quantitative estimate of drug-likeness (QED) is 0.626. The molecule has 82 valence electrons. The zero-order chi connectivity index (χ0) is 11.7. The Kier molecular flexibility index (Phi) is 2.20. The summed E-state index contributed by atoms with van der Waals surface area (Å²) in [6.45, 7) is 0. The van der Waals surface area contributed by atoms with E-state index in [2.05, 4.69) is 5.10 Å². The zero-order valence-electron chi connectivity index (χ0n) is 7.95. The van der Waals surface area contributed by atoms with E-state index in [1.807, 2.05) is 0 Å². The monoisotopic (exact) mass is 221 g/mol. The number of nitrogens with one attached hydrogen (secondary N) is 1. The molecule has 16 heavy (non-hydrogen) atoms. The van der Waals surface area contributed by atoms with Gasteiger partial charge in [-0.2, -0.15) is 0 Å². The molecule has 0 radical (unpaired) electrons. The van der Waals surface area contributed by atoms with Crippen molar-refractivity contribution in [2.24, 2.45) is 0 Å². The van der Waals surface area contributed by atoms with Crippen LogP contribution in [-0.2, 0) is 0 Å². The summed E-state index contributed by atoms with van der Waals surface area (Å²) in [4.78, 5) is 34.6. The van der Waals surface area contributed by atoms with Crippen molar-refractivity contribution in [2.45, 2.75) is 0 Å². The molecule has 0 saturated heterocycles. The van der Waals surface area contributed by atoms with Gasteiger partial charge in [0.1, 0.15) is 5.75 Å². The number of aromatic hydroxyl groups is 1. The SMILES string of the molecule is O=c1ccc(=O)n(-n2ccc(O)cc2=O)[nH]1. The maximum Gasteiger partial charge on any atom is 0.285 e. The summed E-state index contributed by atoms with van der Waals surface area (Å²) in [5.74, 6) is -0.215. The lowest BCUT2D eigenvalue weighted by atomic mass is 10.4. The van der Waals surface area contributed by atoms with Crippen molar-refractivity contribution in [1.82, 2.24) is 14.6 Å². The molecule has 7 nitrogen and oxygen atoms in total. The van der Waals surface area contributed by atoms with Crippen LogP contribution in [0.5, 0.6) is 5.75 Å². The molecular weight excluding hydrogens is 214 g/mol. The number of nitrogens with zero attached hydrogens (tertiary/aromatic N) is 2. The van der Waals surface area contributed by atoms with E-state index in [0.717, 1.165) is 27.7 Å². The first-order valence-electron chi connectivity index (χ1n) is 4.33. The first-order valence-corrected chi connectivity index (χ1v) is 4.33. The molecule has 0 bridgehead atoms. The van der Waals surface area contributed by atoms with Crippen LogP contribution in [0.1, 0.15) is 0 Å². The number of H-pyrrole nitrogens is 1. The molecule has 0 amide bonds. The molecule has 7 heteroatoms. The molecule has 0 fully saturated rings. The van der Waals surface area contributed by atoms with Gasteiger partial charge in [-0.25, -0.2) is 9.77 Å². The maximum absolute atomic E-state index is 11.4. The van der Waals surface area contributed by atoms with E-state index < -0.39 is 16.7 Å². The summed E-state index contributed by atoms with van der Waals surface area (Å²) in [6.07, 6.45) is 1.18. The molecule has 2 rings (SSSR count). The van der Waals surface area contributed by atoms with Crippen molar-refractivity contribution in [3.63, 3.8) is 0 Å². The van der Waals surface area contributed by atoms with Crippen molar-refractivity contribution in [3.05, 3.63) is 61.5 Å². The molecule has 0 atom stereocenters. The van der Waals surface area contributed by atoms with Crippen LogP contribution in [-0.4, -0.2) is 19.7 Å². The van der Waals surface area contributed by atoms with Crippen LogP contribution in [0.2, 0.25) is 0 Å². The highest BCUT2D eigenvalue weighted by atomic mass is 16.3. The summed E-state index contributed by atoms with van der Waals surface area (Å²) in [5, 5.41) is 11.2. The fourth-order valence-corrected chi connectivity index (χ4v) is 1.20. The third-order valence-corrected chi connectivity index (χ3v) is 1.90. The molecule has 0 aliphatic carbocycles. The maximum atomic E-state index is 11.4. The van der Waals surface area contributed by atoms with E-state index in [0.29, 0.717) is 0 Å². The standard InChI is InChI=1S/C9H7N3O4/c13-6-3-4-11(9(16)5-6)12-8(15)2-1-7(14)10-12/h1-5,13H,(H,10,14). The highest BCUT2D eigenvalue weighted by Gasteiger charge is 2.01. The first-order chi connectivity index (χ1) is 7.58. The Morgan fingerprint density at radius 1 is 1.06 bits per heavy atom. The highest BCUT2D eigenvalue weighted by molar-refractivity contribution is 5.15. The predicted molar refractivity (Wildman–Crippen MR) is 54.5 cm³/mol. The van der Waals surface area contributed by atoms with E-state index in [9.17, 15) is 14.4 Å². The van der Waals surface area contributed by atoms with E-state index >= 15 is 0 Å². The molecule has 2 heterocycles. The van der Waals surface area contributed by atoms with Gasteiger partial charge in [0, 0.05) is 24.4 Å². The van der Waals surface area contributed by atoms with Crippen molar-refractivity contribution < 1.29 is 5.11 Å². The summed E-state index contributed by atoms with van der Waals surface area (Å²) in [7, 11) is 0. The zero-order valence-corrected chi connectivity index (χ0v) is 7.95.